The first-order valence-corrected chi connectivity index (χ1v) is 10.9. The molecule has 1 aromatic heterocycles. The molecule has 0 radical (unpaired) electrons. The molecule has 0 aliphatic carbocycles. The number of fused-ring (bicyclic) bond motifs is 2. The summed E-state index contributed by atoms with van der Waals surface area (Å²) >= 11 is 6.12. The molecule has 1 N–H and O–H groups in total. The Balaban J connectivity index is 1.84. The maximum absolute atomic E-state index is 13.5. The fourth-order valence-electron chi connectivity index (χ4n) is 4.09. The monoisotopic (exact) mass is 441 g/mol. The van der Waals surface area contributed by atoms with Gasteiger partial charge in [0.15, 0.2) is 5.43 Å². The van der Waals surface area contributed by atoms with Gasteiger partial charge in [0.1, 0.15) is 11.3 Å². The predicted octanol–water partition coefficient (Wildman–Crippen LogP) is 2.92. The Hall–Kier alpha value is -2.83. The van der Waals surface area contributed by atoms with E-state index in [4.69, 9.17) is 20.8 Å². The van der Waals surface area contributed by atoms with Crippen LogP contribution in [0.5, 0.6) is 5.75 Å². The van der Waals surface area contributed by atoms with Crippen LogP contribution in [0, 0.1) is 0 Å². The van der Waals surface area contributed by atoms with Gasteiger partial charge in [0.2, 0.25) is 5.76 Å². The van der Waals surface area contributed by atoms with Crippen molar-refractivity contribution in [3.05, 3.63) is 74.6 Å². The molecule has 1 aliphatic heterocycles. The molecule has 4 rings (SSSR count). The van der Waals surface area contributed by atoms with Crippen LogP contribution in [-0.2, 0) is 0 Å². The van der Waals surface area contributed by atoms with Gasteiger partial charge < -0.3 is 19.0 Å². The summed E-state index contributed by atoms with van der Waals surface area (Å²) in [6, 6.07) is 11.9. The Morgan fingerprint density at radius 2 is 1.87 bits per heavy atom. The highest BCUT2D eigenvalue weighted by Gasteiger charge is 2.42. The van der Waals surface area contributed by atoms with Gasteiger partial charge in [-0.05, 0) is 42.8 Å². The van der Waals surface area contributed by atoms with Gasteiger partial charge in [-0.1, -0.05) is 23.7 Å². The second-order valence-electron chi connectivity index (χ2n) is 8.03. The van der Waals surface area contributed by atoms with E-state index in [1.807, 2.05) is 31.2 Å². The van der Waals surface area contributed by atoms with Crippen molar-refractivity contribution >= 4 is 28.5 Å². The molecule has 6 nitrogen and oxygen atoms in total. The SMILES string of the molecule is CCOc1ccc([C@@H]2c3c(oc4ccc(Cl)cc4c3=O)C(=O)N2CCC[NH+](C)C)cc1. The van der Waals surface area contributed by atoms with Crippen LogP contribution in [0.4, 0.5) is 0 Å². The van der Waals surface area contributed by atoms with E-state index in [9.17, 15) is 9.59 Å². The minimum absolute atomic E-state index is 0.121. The molecule has 7 heteroatoms. The van der Waals surface area contributed by atoms with E-state index in [0.29, 0.717) is 34.7 Å². The molecule has 0 saturated carbocycles. The van der Waals surface area contributed by atoms with Gasteiger partial charge in [0.05, 0.1) is 44.2 Å². The smallest absolute Gasteiger partial charge is 0.290 e. The Morgan fingerprint density at radius 3 is 2.55 bits per heavy atom. The van der Waals surface area contributed by atoms with Crippen molar-refractivity contribution in [1.29, 1.82) is 0 Å². The summed E-state index contributed by atoms with van der Waals surface area (Å²) in [5.41, 5.74) is 1.38. The predicted molar refractivity (Wildman–Crippen MR) is 120 cm³/mol. The first-order valence-electron chi connectivity index (χ1n) is 10.5. The third kappa shape index (κ3) is 4.05. The van der Waals surface area contributed by atoms with Crippen molar-refractivity contribution in [1.82, 2.24) is 4.90 Å². The van der Waals surface area contributed by atoms with Gasteiger partial charge in [-0.25, -0.2) is 0 Å². The number of hydrogen-bond donors (Lipinski definition) is 1. The van der Waals surface area contributed by atoms with Crippen molar-refractivity contribution in [2.45, 2.75) is 19.4 Å². The van der Waals surface area contributed by atoms with Gasteiger partial charge in [0.25, 0.3) is 5.91 Å². The summed E-state index contributed by atoms with van der Waals surface area (Å²) in [5, 5.41) is 0.835. The number of ether oxygens (including phenoxy) is 1. The Kier molecular flexibility index (Phi) is 6.03. The molecule has 2 aromatic carbocycles. The second kappa shape index (κ2) is 8.73. The lowest BCUT2D eigenvalue weighted by atomic mass is 9.98. The summed E-state index contributed by atoms with van der Waals surface area (Å²) in [6.45, 7) is 3.94. The molecule has 31 heavy (non-hydrogen) atoms. The van der Waals surface area contributed by atoms with Crippen LogP contribution in [-0.4, -0.2) is 44.6 Å². The van der Waals surface area contributed by atoms with Crippen LogP contribution in [0.2, 0.25) is 5.02 Å². The van der Waals surface area contributed by atoms with Crippen molar-refractivity contribution in [3.8, 4) is 5.75 Å². The fraction of sp³-hybridized carbons (Fsp3) is 0.333. The molecule has 1 aliphatic rings. The van der Waals surface area contributed by atoms with Crippen molar-refractivity contribution in [2.24, 2.45) is 0 Å². The number of carbonyl (C=O) groups is 1. The quantitative estimate of drug-likeness (QED) is 0.612. The largest absolute Gasteiger partial charge is 0.494 e. The normalized spacial score (nSPS) is 15.7. The van der Waals surface area contributed by atoms with E-state index >= 15 is 0 Å². The Morgan fingerprint density at radius 1 is 1.13 bits per heavy atom. The van der Waals surface area contributed by atoms with Crippen molar-refractivity contribution < 1.29 is 18.8 Å². The molecule has 3 aromatic rings. The molecule has 1 amide bonds. The third-order valence-corrected chi connectivity index (χ3v) is 5.75. The van der Waals surface area contributed by atoms with Crippen LogP contribution < -0.4 is 15.1 Å². The molecule has 1 atom stereocenters. The van der Waals surface area contributed by atoms with Gasteiger partial charge in [-0.3, -0.25) is 9.59 Å². The van der Waals surface area contributed by atoms with Gasteiger partial charge >= 0.3 is 0 Å². The maximum atomic E-state index is 13.5. The molecule has 2 heterocycles. The summed E-state index contributed by atoms with van der Waals surface area (Å²) < 4.78 is 11.5. The van der Waals surface area contributed by atoms with E-state index < -0.39 is 6.04 Å². The average Bonchev–Trinajstić information content (AvgIpc) is 3.02. The molecule has 0 bridgehead atoms. The summed E-state index contributed by atoms with van der Waals surface area (Å²) in [6.07, 6.45) is 0.815. The highest BCUT2D eigenvalue weighted by Crippen LogP contribution is 2.38. The van der Waals surface area contributed by atoms with Crippen LogP contribution in [0.3, 0.4) is 0 Å². The molecular weight excluding hydrogens is 416 g/mol. The van der Waals surface area contributed by atoms with E-state index in [-0.39, 0.29) is 17.1 Å². The van der Waals surface area contributed by atoms with Gasteiger partial charge in [0, 0.05) is 18.0 Å². The first-order chi connectivity index (χ1) is 14.9. The zero-order valence-corrected chi connectivity index (χ0v) is 18.7. The fourth-order valence-corrected chi connectivity index (χ4v) is 4.26. The number of hydrogen-bond acceptors (Lipinski definition) is 4. The highest BCUT2D eigenvalue weighted by molar-refractivity contribution is 6.31. The van der Waals surface area contributed by atoms with Crippen LogP contribution >= 0.6 is 11.6 Å². The van der Waals surface area contributed by atoms with Crippen molar-refractivity contribution in [3.63, 3.8) is 0 Å². The standard InChI is InChI=1S/C24H25ClN2O4/c1-4-30-17-9-6-15(7-10-17)21-20-22(28)18-14-16(25)8-11-19(18)31-23(20)24(29)27(21)13-5-12-26(2)3/h6-11,14,21H,4-5,12-13H2,1-3H3/p+1/t21-/m1/s1. The van der Waals surface area contributed by atoms with Crippen molar-refractivity contribution in [2.75, 3.05) is 33.8 Å². The summed E-state index contributed by atoms with van der Waals surface area (Å²) in [7, 11) is 4.15. The number of halogens is 1. The van der Waals surface area contributed by atoms with Crippen LogP contribution in [0.1, 0.15) is 41.1 Å². The highest BCUT2D eigenvalue weighted by atomic mass is 35.5. The Labute approximate surface area is 186 Å². The van der Waals surface area contributed by atoms with E-state index in [1.54, 1.807) is 23.1 Å². The maximum Gasteiger partial charge on any atom is 0.290 e. The molecule has 0 saturated heterocycles. The Bertz CT molecular complexity index is 1170. The minimum atomic E-state index is -0.505. The zero-order chi connectivity index (χ0) is 22.1. The number of rotatable bonds is 7. The van der Waals surface area contributed by atoms with Crippen LogP contribution in [0.25, 0.3) is 11.0 Å². The third-order valence-electron chi connectivity index (χ3n) is 5.51. The molecule has 0 unspecified atom stereocenters. The van der Waals surface area contributed by atoms with Gasteiger partial charge in [-0.15, -0.1) is 0 Å². The lowest BCUT2D eigenvalue weighted by molar-refractivity contribution is -0.858. The number of benzene rings is 2. The molecular formula is C24H26ClN2O4+. The lowest BCUT2D eigenvalue weighted by Gasteiger charge is -2.25. The van der Waals surface area contributed by atoms with E-state index in [2.05, 4.69) is 14.1 Å². The number of nitrogens with one attached hydrogen (secondary N) is 1. The number of nitrogens with zero attached hydrogens (tertiary/aromatic N) is 1. The van der Waals surface area contributed by atoms with Gasteiger partial charge in [-0.2, -0.15) is 0 Å². The molecule has 0 spiro atoms. The van der Waals surface area contributed by atoms with E-state index in [1.165, 1.54) is 4.90 Å². The number of amides is 1. The van der Waals surface area contributed by atoms with Crippen LogP contribution in [0.15, 0.2) is 51.7 Å². The topological polar surface area (TPSA) is 64.2 Å². The average molecular weight is 442 g/mol. The minimum Gasteiger partial charge on any atom is -0.494 e. The summed E-state index contributed by atoms with van der Waals surface area (Å²) in [5.74, 6) is 0.614. The molecule has 162 valence electrons. The second-order valence-corrected chi connectivity index (χ2v) is 8.46. The molecule has 0 fully saturated rings. The lowest BCUT2D eigenvalue weighted by Crippen LogP contribution is -3.05. The zero-order valence-electron chi connectivity index (χ0n) is 17.9. The number of quaternary nitrogens is 1. The number of carbonyl (C=O) groups excluding carboxylic acids is 1. The first kappa shape index (κ1) is 21.4. The summed E-state index contributed by atoms with van der Waals surface area (Å²) in [4.78, 5) is 29.8. The van der Waals surface area contributed by atoms with E-state index in [0.717, 1.165) is 24.3 Å².